The number of amides is 1. The summed E-state index contributed by atoms with van der Waals surface area (Å²) >= 11 is 0. The highest BCUT2D eigenvalue weighted by Gasteiger charge is 2.33. The predicted octanol–water partition coefficient (Wildman–Crippen LogP) is 0.511. The highest BCUT2D eigenvalue weighted by atomic mass is 16.2. The number of H-pyrrole nitrogens is 1. The lowest BCUT2D eigenvalue weighted by atomic mass is 10.0. The van der Waals surface area contributed by atoms with E-state index in [1.165, 1.54) is 0 Å². The minimum absolute atomic E-state index is 0.134. The third-order valence-electron chi connectivity index (χ3n) is 4.43. The molecule has 1 aliphatic carbocycles. The van der Waals surface area contributed by atoms with E-state index in [0.29, 0.717) is 11.7 Å². The van der Waals surface area contributed by atoms with Crippen molar-refractivity contribution in [1.82, 2.24) is 35.2 Å². The van der Waals surface area contributed by atoms with Gasteiger partial charge in [0.25, 0.3) is 5.91 Å². The van der Waals surface area contributed by atoms with Crippen LogP contribution in [0.2, 0.25) is 0 Å². The Labute approximate surface area is 127 Å². The second-order valence-electron chi connectivity index (χ2n) is 6.12. The Bertz CT molecular complexity index is 655. The smallest absolute Gasteiger partial charge is 0.273 e. The predicted molar refractivity (Wildman–Crippen MR) is 78.1 cm³/mol. The summed E-state index contributed by atoms with van der Waals surface area (Å²) in [5, 5.41) is 11.0. The average Bonchev–Trinajstić information content (AvgIpc) is 3.01. The highest BCUT2D eigenvalue weighted by molar-refractivity contribution is 5.92. The zero-order valence-electron chi connectivity index (χ0n) is 12.4. The van der Waals surface area contributed by atoms with Gasteiger partial charge >= 0.3 is 0 Å². The minimum Gasteiger partial charge on any atom is -0.347 e. The molecule has 8 heteroatoms. The molecule has 0 bridgehead atoms. The van der Waals surface area contributed by atoms with Gasteiger partial charge in [0.15, 0.2) is 5.69 Å². The fourth-order valence-electron chi connectivity index (χ4n) is 2.77. The molecule has 22 heavy (non-hydrogen) atoms. The normalized spacial score (nSPS) is 20.6. The van der Waals surface area contributed by atoms with Crippen LogP contribution in [0.15, 0.2) is 18.7 Å². The molecule has 4 rings (SSSR count). The highest BCUT2D eigenvalue weighted by Crippen LogP contribution is 2.33. The lowest BCUT2D eigenvalue weighted by Crippen LogP contribution is -2.59. The summed E-state index contributed by atoms with van der Waals surface area (Å²) in [7, 11) is 0. The summed E-state index contributed by atoms with van der Waals surface area (Å²) in [6, 6.07) is 0.902. The van der Waals surface area contributed by atoms with Crippen molar-refractivity contribution in [2.75, 3.05) is 13.1 Å². The quantitative estimate of drug-likeness (QED) is 0.839. The third kappa shape index (κ3) is 2.50. The maximum absolute atomic E-state index is 12.1. The van der Waals surface area contributed by atoms with Crippen molar-refractivity contribution in [3.05, 3.63) is 30.1 Å². The number of carbonyl (C=O) groups excluding carboxylic acids is 1. The topological polar surface area (TPSA) is 91.7 Å². The molecular formula is C14H19N7O. The van der Waals surface area contributed by atoms with Gasteiger partial charge in [-0.2, -0.15) is 0 Å². The molecule has 0 spiro atoms. The van der Waals surface area contributed by atoms with E-state index in [-0.39, 0.29) is 18.0 Å². The molecule has 0 aromatic carbocycles. The molecule has 116 valence electrons. The van der Waals surface area contributed by atoms with E-state index in [9.17, 15) is 4.79 Å². The molecule has 1 unspecified atom stereocenters. The van der Waals surface area contributed by atoms with Crippen molar-refractivity contribution in [1.29, 1.82) is 0 Å². The Morgan fingerprint density at radius 1 is 1.45 bits per heavy atom. The van der Waals surface area contributed by atoms with Crippen molar-refractivity contribution in [3.63, 3.8) is 0 Å². The Morgan fingerprint density at radius 3 is 2.95 bits per heavy atom. The van der Waals surface area contributed by atoms with Gasteiger partial charge in [-0.1, -0.05) is 5.21 Å². The Morgan fingerprint density at radius 2 is 2.27 bits per heavy atom. The summed E-state index contributed by atoms with van der Waals surface area (Å²) in [5.41, 5.74) is 1.50. The van der Waals surface area contributed by atoms with E-state index >= 15 is 0 Å². The Balaban J connectivity index is 1.29. The zero-order valence-corrected chi connectivity index (χ0v) is 12.4. The SMILES string of the molecule is CC(c1cnc[nH]1)N1CC(NC(=O)c2cn(C3CC3)nn2)C1. The van der Waals surface area contributed by atoms with E-state index in [4.69, 9.17) is 0 Å². The number of carbonyl (C=O) groups is 1. The van der Waals surface area contributed by atoms with Gasteiger partial charge in [0.1, 0.15) is 0 Å². The van der Waals surface area contributed by atoms with Crippen molar-refractivity contribution in [2.45, 2.75) is 37.9 Å². The first-order chi connectivity index (χ1) is 10.7. The number of aromatic amines is 1. The van der Waals surface area contributed by atoms with E-state index in [0.717, 1.165) is 31.6 Å². The largest absolute Gasteiger partial charge is 0.347 e. The molecule has 1 saturated carbocycles. The van der Waals surface area contributed by atoms with Crippen molar-refractivity contribution in [3.8, 4) is 0 Å². The van der Waals surface area contributed by atoms with Crippen LogP contribution in [0.3, 0.4) is 0 Å². The summed E-state index contributed by atoms with van der Waals surface area (Å²) in [5.74, 6) is -0.134. The van der Waals surface area contributed by atoms with Gasteiger partial charge in [-0.25, -0.2) is 9.67 Å². The molecular weight excluding hydrogens is 282 g/mol. The molecule has 2 aromatic heterocycles. The summed E-state index contributed by atoms with van der Waals surface area (Å²) in [6.45, 7) is 3.80. The summed E-state index contributed by atoms with van der Waals surface area (Å²) < 4.78 is 1.79. The second-order valence-corrected chi connectivity index (χ2v) is 6.12. The van der Waals surface area contributed by atoms with Crippen LogP contribution in [0.1, 0.15) is 48.0 Å². The maximum atomic E-state index is 12.1. The number of nitrogens with zero attached hydrogens (tertiary/aromatic N) is 5. The number of nitrogens with one attached hydrogen (secondary N) is 2. The van der Waals surface area contributed by atoms with Gasteiger partial charge in [0.05, 0.1) is 30.3 Å². The Hall–Kier alpha value is -2.22. The fraction of sp³-hybridized carbons (Fsp3) is 0.571. The first-order valence-corrected chi connectivity index (χ1v) is 7.65. The number of hydrogen-bond acceptors (Lipinski definition) is 5. The van der Waals surface area contributed by atoms with Crippen LogP contribution in [0.25, 0.3) is 0 Å². The molecule has 0 radical (unpaired) electrons. The summed E-state index contributed by atoms with van der Waals surface area (Å²) in [6.07, 6.45) is 7.54. The molecule has 1 saturated heterocycles. The van der Waals surface area contributed by atoms with E-state index in [1.807, 2.05) is 6.20 Å². The third-order valence-corrected chi connectivity index (χ3v) is 4.43. The van der Waals surface area contributed by atoms with Crippen LogP contribution >= 0.6 is 0 Å². The molecule has 2 aliphatic rings. The van der Waals surface area contributed by atoms with Crippen LogP contribution in [0.4, 0.5) is 0 Å². The van der Waals surface area contributed by atoms with Crippen LogP contribution in [-0.2, 0) is 0 Å². The molecule has 1 atom stereocenters. The van der Waals surface area contributed by atoms with Crippen molar-refractivity contribution < 1.29 is 4.79 Å². The van der Waals surface area contributed by atoms with Gasteiger partial charge < -0.3 is 10.3 Å². The van der Waals surface area contributed by atoms with Crippen LogP contribution in [0.5, 0.6) is 0 Å². The number of aromatic nitrogens is 5. The molecule has 1 aliphatic heterocycles. The monoisotopic (exact) mass is 301 g/mol. The number of imidazole rings is 1. The zero-order chi connectivity index (χ0) is 15.1. The lowest BCUT2D eigenvalue weighted by molar-refractivity contribution is 0.0664. The van der Waals surface area contributed by atoms with Gasteiger partial charge in [-0.15, -0.1) is 5.10 Å². The molecule has 2 fully saturated rings. The van der Waals surface area contributed by atoms with E-state index < -0.39 is 0 Å². The maximum Gasteiger partial charge on any atom is 0.273 e. The lowest BCUT2D eigenvalue weighted by Gasteiger charge is -2.42. The fourth-order valence-corrected chi connectivity index (χ4v) is 2.77. The van der Waals surface area contributed by atoms with Gasteiger partial charge in [-0.05, 0) is 19.8 Å². The number of hydrogen-bond donors (Lipinski definition) is 2. The van der Waals surface area contributed by atoms with E-state index in [1.54, 1.807) is 17.2 Å². The van der Waals surface area contributed by atoms with Crippen molar-refractivity contribution >= 4 is 5.91 Å². The summed E-state index contributed by atoms with van der Waals surface area (Å²) in [4.78, 5) is 21.6. The molecule has 8 nitrogen and oxygen atoms in total. The molecule has 2 aromatic rings. The molecule has 1 amide bonds. The minimum atomic E-state index is -0.134. The first-order valence-electron chi connectivity index (χ1n) is 7.65. The second kappa shape index (κ2) is 5.20. The molecule has 2 N–H and O–H groups in total. The van der Waals surface area contributed by atoms with Gasteiger partial charge in [0.2, 0.25) is 0 Å². The van der Waals surface area contributed by atoms with Gasteiger partial charge in [0, 0.05) is 25.3 Å². The van der Waals surface area contributed by atoms with Crippen LogP contribution in [-0.4, -0.2) is 54.9 Å². The number of rotatable bonds is 5. The Kier molecular flexibility index (Phi) is 3.18. The molecule has 3 heterocycles. The van der Waals surface area contributed by atoms with Gasteiger partial charge in [-0.3, -0.25) is 9.69 Å². The number of likely N-dealkylation sites (tertiary alicyclic amines) is 1. The standard InChI is InChI=1S/C14H19N7O/c1-9(12-4-15-8-16-12)20-5-10(6-20)17-14(22)13-7-21(19-18-13)11-2-3-11/h4,7-11H,2-3,5-6H2,1H3,(H,15,16)(H,17,22). The van der Waals surface area contributed by atoms with E-state index in [2.05, 4.69) is 37.4 Å². The van der Waals surface area contributed by atoms with Crippen molar-refractivity contribution in [2.24, 2.45) is 0 Å². The average molecular weight is 301 g/mol. The first kappa shape index (κ1) is 13.4. The van der Waals surface area contributed by atoms with Crippen LogP contribution < -0.4 is 5.32 Å². The van der Waals surface area contributed by atoms with Crippen LogP contribution in [0, 0.1) is 0 Å².